The maximum atomic E-state index is 13.2. The number of hydrogen-bond donors (Lipinski definition) is 1. The first-order chi connectivity index (χ1) is 10.5. The molecular weight excluding hydrogens is 291 g/mol. The fourth-order valence-corrected chi connectivity index (χ4v) is 2.37. The van der Waals surface area contributed by atoms with Gasteiger partial charge in [0.05, 0.1) is 11.6 Å². The number of aryl methyl sites for hydroxylation is 1. The number of benzene rings is 1. The van der Waals surface area contributed by atoms with E-state index in [1.807, 2.05) is 0 Å². The SMILES string of the molecule is Cc1cc(COC(=O)[C@H]2CC(=O)Nc3cc(F)ccc32)on1. The van der Waals surface area contributed by atoms with Gasteiger partial charge >= 0.3 is 5.97 Å². The van der Waals surface area contributed by atoms with E-state index in [1.54, 1.807) is 13.0 Å². The van der Waals surface area contributed by atoms with Crippen molar-refractivity contribution in [3.05, 3.63) is 47.1 Å². The van der Waals surface area contributed by atoms with E-state index < -0.39 is 17.7 Å². The molecular formula is C15H13FN2O4. The molecule has 1 aromatic carbocycles. The van der Waals surface area contributed by atoms with Gasteiger partial charge in [-0.15, -0.1) is 0 Å². The van der Waals surface area contributed by atoms with E-state index in [0.29, 0.717) is 22.7 Å². The van der Waals surface area contributed by atoms with E-state index in [-0.39, 0.29) is 18.9 Å². The second kappa shape index (κ2) is 5.59. The van der Waals surface area contributed by atoms with Gasteiger partial charge in [-0.1, -0.05) is 11.2 Å². The van der Waals surface area contributed by atoms with Crippen molar-refractivity contribution in [2.45, 2.75) is 25.9 Å². The molecule has 22 heavy (non-hydrogen) atoms. The first-order valence-corrected chi connectivity index (χ1v) is 6.71. The van der Waals surface area contributed by atoms with Gasteiger partial charge in [0, 0.05) is 18.2 Å². The normalized spacial score (nSPS) is 16.8. The van der Waals surface area contributed by atoms with E-state index in [9.17, 15) is 14.0 Å². The van der Waals surface area contributed by atoms with Gasteiger partial charge in [0.15, 0.2) is 12.4 Å². The summed E-state index contributed by atoms with van der Waals surface area (Å²) in [5.74, 6) is -1.73. The second-order valence-electron chi connectivity index (χ2n) is 5.08. The van der Waals surface area contributed by atoms with Crippen molar-refractivity contribution >= 4 is 17.6 Å². The Kier molecular flexibility index (Phi) is 3.62. The van der Waals surface area contributed by atoms with Crippen LogP contribution in [0.4, 0.5) is 10.1 Å². The molecule has 0 unspecified atom stereocenters. The fourth-order valence-electron chi connectivity index (χ4n) is 2.37. The molecule has 1 aliphatic rings. The zero-order chi connectivity index (χ0) is 15.7. The highest BCUT2D eigenvalue weighted by Gasteiger charge is 2.32. The van der Waals surface area contributed by atoms with Crippen LogP contribution in [0.1, 0.15) is 29.4 Å². The zero-order valence-corrected chi connectivity index (χ0v) is 11.8. The number of amides is 1. The van der Waals surface area contributed by atoms with Crippen molar-refractivity contribution < 1.29 is 23.2 Å². The number of rotatable bonds is 3. The van der Waals surface area contributed by atoms with Crippen LogP contribution in [0.2, 0.25) is 0 Å². The smallest absolute Gasteiger partial charge is 0.314 e. The lowest BCUT2D eigenvalue weighted by Gasteiger charge is -2.24. The van der Waals surface area contributed by atoms with Crippen LogP contribution in [0.3, 0.4) is 0 Å². The Morgan fingerprint density at radius 2 is 2.32 bits per heavy atom. The number of esters is 1. The van der Waals surface area contributed by atoms with Crippen molar-refractivity contribution in [3.8, 4) is 0 Å². The highest BCUT2D eigenvalue weighted by Crippen LogP contribution is 2.33. The van der Waals surface area contributed by atoms with Crippen molar-refractivity contribution in [1.29, 1.82) is 0 Å². The largest absolute Gasteiger partial charge is 0.457 e. The van der Waals surface area contributed by atoms with Gasteiger partial charge in [0.2, 0.25) is 5.91 Å². The number of fused-ring (bicyclic) bond motifs is 1. The number of carbonyl (C=O) groups is 2. The lowest BCUT2D eigenvalue weighted by Crippen LogP contribution is -2.28. The molecule has 6 nitrogen and oxygen atoms in total. The van der Waals surface area contributed by atoms with Gasteiger partial charge in [0.25, 0.3) is 0 Å². The van der Waals surface area contributed by atoms with Crippen molar-refractivity contribution in [2.75, 3.05) is 5.32 Å². The van der Waals surface area contributed by atoms with E-state index in [0.717, 1.165) is 0 Å². The summed E-state index contributed by atoms with van der Waals surface area (Å²) in [5.41, 5.74) is 1.53. The molecule has 1 aromatic heterocycles. The number of halogens is 1. The van der Waals surface area contributed by atoms with Crippen LogP contribution in [0.15, 0.2) is 28.8 Å². The Morgan fingerprint density at radius 1 is 1.50 bits per heavy atom. The Balaban J connectivity index is 1.76. The summed E-state index contributed by atoms with van der Waals surface area (Å²) < 4.78 is 23.4. The third-order valence-electron chi connectivity index (χ3n) is 3.37. The van der Waals surface area contributed by atoms with Gasteiger partial charge in [0.1, 0.15) is 5.82 Å². The minimum atomic E-state index is -0.756. The number of nitrogens with one attached hydrogen (secondary N) is 1. The number of hydrogen-bond acceptors (Lipinski definition) is 5. The van der Waals surface area contributed by atoms with Crippen LogP contribution < -0.4 is 5.32 Å². The van der Waals surface area contributed by atoms with E-state index in [4.69, 9.17) is 9.26 Å². The van der Waals surface area contributed by atoms with E-state index >= 15 is 0 Å². The summed E-state index contributed by atoms with van der Waals surface area (Å²) in [7, 11) is 0. The highest BCUT2D eigenvalue weighted by molar-refractivity contribution is 5.99. The minimum Gasteiger partial charge on any atom is -0.457 e. The zero-order valence-electron chi connectivity index (χ0n) is 11.8. The number of nitrogens with zero attached hydrogens (tertiary/aromatic N) is 1. The average molecular weight is 304 g/mol. The topological polar surface area (TPSA) is 81.4 Å². The summed E-state index contributed by atoms with van der Waals surface area (Å²) >= 11 is 0. The number of ether oxygens (including phenoxy) is 1. The average Bonchev–Trinajstić information content (AvgIpc) is 2.89. The maximum Gasteiger partial charge on any atom is 0.314 e. The third-order valence-corrected chi connectivity index (χ3v) is 3.37. The molecule has 0 aliphatic carbocycles. The van der Waals surface area contributed by atoms with Crippen LogP contribution in [-0.2, 0) is 20.9 Å². The molecule has 7 heteroatoms. The summed E-state index contributed by atoms with van der Waals surface area (Å²) in [6, 6.07) is 5.57. The molecule has 0 radical (unpaired) electrons. The monoisotopic (exact) mass is 304 g/mol. The molecule has 2 heterocycles. The van der Waals surface area contributed by atoms with Crippen LogP contribution in [0, 0.1) is 12.7 Å². The lowest BCUT2D eigenvalue weighted by atomic mass is 9.90. The molecule has 3 rings (SSSR count). The second-order valence-corrected chi connectivity index (χ2v) is 5.08. The summed E-state index contributed by atoms with van der Waals surface area (Å²) in [6.07, 6.45) is -0.0348. The quantitative estimate of drug-likeness (QED) is 0.880. The molecule has 1 aliphatic heterocycles. The van der Waals surface area contributed by atoms with Gasteiger partial charge in [-0.2, -0.15) is 0 Å². The Bertz CT molecular complexity index is 741. The first kappa shape index (κ1) is 14.2. The number of anilines is 1. The first-order valence-electron chi connectivity index (χ1n) is 6.71. The Morgan fingerprint density at radius 3 is 3.05 bits per heavy atom. The minimum absolute atomic E-state index is 0.0348. The number of carbonyl (C=O) groups excluding carboxylic acids is 2. The van der Waals surface area contributed by atoms with E-state index in [2.05, 4.69) is 10.5 Å². The molecule has 2 aromatic rings. The highest BCUT2D eigenvalue weighted by atomic mass is 19.1. The molecule has 0 bridgehead atoms. The van der Waals surface area contributed by atoms with Gasteiger partial charge in [-0.25, -0.2) is 4.39 Å². The molecule has 0 spiro atoms. The molecule has 114 valence electrons. The van der Waals surface area contributed by atoms with Crippen LogP contribution in [0.5, 0.6) is 0 Å². The Hall–Kier alpha value is -2.70. The van der Waals surface area contributed by atoms with Crippen LogP contribution >= 0.6 is 0 Å². The molecule has 0 fully saturated rings. The summed E-state index contributed by atoms with van der Waals surface area (Å²) in [6.45, 7) is 1.69. The summed E-state index contributed by atoms with van der Waals surface area (Å²) in [5, 5.41) is 6.24. The van der Waals surface area contributed by atoms with Crippen molar-refractivity contribution in [1.82, 2.24) is 5.16 Å². The molecule has 1 N–H and O–H groups in total. The van der Waals surface area contributed by atoms with Gasteiger partial charge in [-0.3, -0.25) is 9.59 Å². The number of aromatic nitrogens is 1. The third kappa shape index (κ3) is 2.83. The molecule has 0 saturated carbocycles. The predicted molar refractivity (Wildman–Crippen MR) is 73.4 cm³/mol. The summed E-state index contributed by atoms with van der Waals surface area (Å²) in [4.78, 5) is 23.9. The van der Waals surface area contributed by atoms with Crippen LogP contribution in [-0.4, -0.2) is 17.0 Å². The fraction of sp³-hybridized carbons (Fsp3) is 0.267. The predicted octanol–water partition coefficient (Wildman–Crippen LogP) is 2.29. The maximum absolute atomic E-state index is 13.2. The van der Waals surface area contributed by atoms with Gasteiger partial charge in [-0.05, 0) is 24.6 Å². The Labute approximate surface area is 125 Å². The standard InChI is InChI=1S/C15H13FN2O4/c1-8-4-10(22-18-8)7-21-15(20)12-6-14(19)17-13-5-9(16)2-3-11(12)13/h2-5,12H,6-7H2,1H3,(H,17,19)/t12-/m0/s1. The lowest BCUT2D eigenvalue weighted by molar-refractivity contribution is -0.148. The van der Waals surface area contributed by atoms with Crippen molar-refractivity contribution in [3.63, 3.8) is 0 Å². The van der Waals surface area contributed by atoms with E-state index in [1.165, 1.54) is 18.2 Å². The molecule has 1 atom stereocenters. The molecule has 0 saturated heterocycles. The van der Waals surface area contributed by atoms with Crippen molar-refractivity contribution in [2.24, 2.45) is 0 Å². The molecule has 1 amide bonds. The van der Waals surface area contributed by atoms with Gasteiger partial charge < -0.3 is 14.6 Å². The van der Waals surface area contributed by atoms with Crippen LogP contribution in [0.25, 0.3) is 0 Å².